The normalized spacial score (nSPS) is 13.5. The van der Waals surface area contributed by atoms with Crippen LogP contribution in [0.5, 0.6) is 0 Å². The summed E-state index contributed by atoms with van der Waals surface area (Å²) in [6.07, 6.45) is 1.04. The van der Waals surface area contributed by atoms with E-state index in [-0.39, 0.29) is 5.91 Å². The molecule has 5 nitrogen and oxygen atoms in total. The van der Waals surface area contributed by atoms with Crippen LogP contribution in [-0.4, -0.2) is 32.0 Å². The number of benzene rings is 2. The van der Waals surface area contributed by atoms with Crippen molar-refractivity contribution in [1.82, 2.24) is 10.6 Å². The summed E-state index contributed by atoms with van der Waals surface area (Å²) in [5.74, 6) is 0.837. The molecule has 0 unspecified atom stereocenters. The zero-order valence-electron chi connectivity index (χ0n) is 14.7. The SMILES string of the molecule is CCNC(=O)c1ccc(CNC(=NC)N2CCc3ccccc32)cc1. The van der Waals surface area contributed by atoms with E-state index >= 15 is 0 Å². The van der Waals surface area contributed by atoms with Gasteiger partial charge in [-0.1, -0.05) is 30.3 Å². The fourth-order valence-corrected chi connectivity index (χ4v) is 3.07. The fraction of sp³-hybridized carbons (Fsp3) is 0.300. The Labute approximate surface area is 148 Å². The van der Waals surface area contributed by atoms with E-state index in [0.29, 0.717) is 18.7 Å². The number of amides is 1. The number of hydrogen-bond acceptors (Lipinski definition) is 2. The minimum atomic E-state index is -0.0357. The van der Waals surface area contributed by atoms with E-state index in [2.05, 4.69) is 44.8 Å². The molecule has 2 aromatic rings. The molecule has 2 aromatic carbocycles. The van der Waals surface area contributed by atoms with Crippen molar-refractivity contribution in [2.45, 2.75) is 19.9 Å². The third-order valence-corrected chi connectivity index (χ3v) is 4.36. The van der Waals surface area contributed by atoms with Crippen molar-refractivity contribution in [2.75, 3.05) is 25.0 Å². The van der Waals surface area contributed by atoms with E-state index in [0.717, 1.165) is 24.5 Å². The van der Waals surface area contributed by atoms with E-state index in [1.165, 1.54) is 11.3 Å². The summed E-state index contributed by atoms with van der Waals surface area (Å²) < 4.78 is 0. The zero-order valence-corrected chi connectivity index (χ0v) is 14.7. The van der Waals surface area contributed by atoms with Gasteiger partial charge in [-0.25, -0.2) is 0 Å². The standard InChI is InChI=1S/C20H24N4O/c1-3-22-19(25)17-10-8-15(9-11-17)14-23-20(21-2)24-13-12-16-6-4-5-7-18(16)24/h4-11H,3,12-14H2,1-2H3,(H,21,23)(H,22,25). The number of nitrogens with zero attached hydrogens (tertiary/aromatic N) is 2. The number of aliphatic imine (C=N–C) groups is 1. The molecule has 0 atom stereocenters. The van der Waals surface area contributed by atoms with E-state index in [9.17, 15) is 4.79 Å². The number of rotatable bonds is 4. The molecule has 130 valence electrons. The molecule has 3 rings (SSSR count). The molecule has 0 fully saturated rings. The number of fused-ring (bicyclic) bond motifs is 1. The molecular formula is C20H24N4O. The van der Waals surface area contributed by atoms with Gasteiger partial charge >= 0.3 is 0 Å². The van der Waals surface area contributed by atoms with Crippen LogP contribution in [0.25, 0.3) is 0 Å². The van der Waals surface area contributed by atoms with Crippen LogP contribution in [0.15, 0.2) is 53.5 Å². The van der Waals surface area contributed by atoms with Crippen molar-refractivity contribution in [1.29, 1.82) is 0 Å². The van der Waals surface area contributed by atoms with Gasteiger partial charge in [-0.05, 0) is 42.7 Å². The summed E-state index contributed by atoms with van der Waals surface area (Å²) in [5, 5.41) is 6.22. The van der Waals surface area contributed by atoms with Crippen LogP contribution in [0.4, 0.5) is 5.69 Å². The van der Waals surface area contributed by atoms with Crippen molar-refractivity contribution in [3.05, 3.63) is 65.2 Å². The second-order valence-electron chi connectivity index (χ2n) is 5.99. The Morgan fingerprint density at radius 1 is 1.12 bits per heavy atom. The number of hydrogen-bond donors (Lipinski definition) is 2. The molecule has 1 heterocycles. The van der Waals surface area contributed by atoms with Gasteiger partial charge in [-0.2, -0.15) is 0 Å². The van der Waals surface area contributed by atoms with Gasteiger partial charge in [-0.15, -0.1) is 0 Å². The summed E-state index contributed by atoms with van der Waals surface area (Å²) in [7, 11) is 1.81. The minimum absolute atomic E-state index is 0.0357. The molecule has 1 amide bonds. The van der Waals surface area contributed by atoms with E-state index < -0.39 is 0 Å². The van der Waals surface area contributed by atoms with Crippen LogP contribution in [0.2, 0.25) is 0 Å². The van der Waals surface area contributed by atoms with E-state index in [1.807, 2.05) is 31.2 Å². The summed E-state index contributed by atoms with van der Waals surface area (Å²) in [6, 6.07) is 16.1. The Balaban J connectivity index is 1.64. The lowest BCUT2D eigenvalue weighted by molar-refractivity contribution is 0.0956. The molecule has 0 bridgehead atoms. The lowest BCUT2D eigenvalue weighted by atomic mass is 10.1. The Hall–Kier alpha value is -2.82. The topological polar surface area (TPSA) is 56.7 Å². The molecule has 0 saturated carbocycles. The number of para-hydroxylation sites is 1. The van der Waals surface area contributed by atoms with Crippen molar-refractivity contribution in [2.24, 2.45) is 4.99 Å². The Morgan fingerprint density at radius 2 is 1.88 bits per heavy atom. The highest BCUT2D eigenvalue weighted by atomic mass is 16.1. The molecule has 0 aromatic heterocycles. The Kier molecular flexibility index (Phi) is 5.33. The highest BCUT2D eigenvalue weighted by Gasteiger charge is 2.22. The van der Waals surface area contributed by atoms with Gasteiger partial charge in [0.15, 0.2) is 5.96 Å². The quantitative estimate of drug-likeness (QED) is 0.666. The first-order valence-electron chi connectivity index (χ1n) is 8.66. The van der Waals surface area contributed by atoms with Crippen LogP contribution in [0.1, 0.15) is 28.4 Å². The van der Waals surface area contributed by atoms with Gasteiger partial charge in [-0.3, -0.25) is 9.79 Å². The first kappa shape index (κ1) is 17.0. The maximum atomic E-state index is 11.8. The van der Waals surface area contributed by atoms with Crippen molar-refractivity contribution < 1.29 is 4.79 Å². The van der Waals surface area contributed by atoms with Crippen molar-refractivity contribution in [3.8, 4) is 0 Å². The Bertz CT molecular complexity index is 768. The predicted molar refractivity (Wildman–Crippen MR) is 102 cm³/mol. The van der Waals surface area contributed by atoms with Gasteiger partial charge in [0.25, 0.3) is 5.91 Å². The largest absolute Gasteiger partial charge is 0.352 e. The van der Waals surface area contributed by atoms with Gasteiger partial charge < -0.3 is 15.5 Å². The first-order valence-corrected chi connectivity index (χ1v) is 8.66. The Morgan fingerprint density at radius 3 is 2.60 bits per heavy atom. The number of carbonyl (C=O) groups is 1. The third kappa shape index (κ3) is 3.82. The highest BCUT2D eigenvalue weighted by molar-refractivity contribution is 5.98. The van der Waals surface area contributed by atoms with Crippen LogP contribution in [0.3, 0.4) is 0 Å². The zero-order chi connectivity index (χ0) is 17.6. The molecule has 5 heteroatoms. The van der Waals surface area contributed by atoms with Crippen LogP contribution in [0, 0.1) is 0 Å². The molecule has 1 aliphatic heterocycles. The molecule has 0 spiro atoms. The van der Waals surface area contributed by atoms with Crippen LogP contribution >= 0.6 is 0 Å². The second kappa shape index (κ2) is 7.83. The molecule has 0 aliphatic carbocycles. The molecule has 2 N–H and O–H groups in total. The molecule has 0 radical (unpaired) electrons. The molecular weight excluding hydrogens is 312 g/mol. The summed E-state index contributed by atoms with van der Waals surface area (Å²) >= 11 is 0. The lowest BCUT2D eigenvalue weighted by Crippen LogP contribution is -2.40. The minimum Gasteiger partial charge on any atom is -0.352 e. The summed E-state index contributed by atoms with van der Waals surface area (Å²) in [5.41, 5.74) is 4.38. The van der Waals surface area contributed by atoms with Crippen molar-refractivity contribution in [3.63, 3.8) is 0 Å². The second-order valence-corrected chi connectivity index (χ2v) is 5.99. The number of anilines is 1. The average Bonchev–Trinajstić information content (AvgIpc) is 3.07. The smallest absolute Gasteiger partial charge is 0.251 e. The fourth-order valence-electron chi connectivity index (χ4n) is 3.07. The third-order valence-electron chi connectivity index (χ3n) is 4.36. The summed E-state index contributed by atoms with van der Waals surface area (Å²) in [6.45, 7) is 4.16. The van der Waals surface area contributed by atoms with Crippen LogP contribution < -0.4 is 15.5 Å². The average molecular weight is 336 g/mol. The number of guanidine groups is 1. The molecule has 1 aliphatic rings. The van der Waals surface area contributed by atoms with Gasteiger partial charge in [0.2, 0.25) is 0 Å². The van der Waals surface area contributed by atoms with Gasteiger partial charge in [0, 0.05) is 37.9 Å². The lowest BCUT2D eigenvalue weighted by Gasteiger charge is -2.22. The maximum Gasteiger partial charge on any atom is 0.251 e. The first-order chi connectivity index (χ1) is 12.2. The van der Waals surface area contributed by atoms with E-state index in [4.69, 9.17) is 0 Å². The van der Waals surface area contributed by atoms with Crippen molar-refractivity contribution >= 4 is 17.6 Å². The van der Waals surface area contributed by atoms with Gasteiger partial charge in [0.1, 0.15) is 0 Å². The van der Waals surface area contributed by atoms with Crippen LogP contribution in [-0.2, 0) is 13.0 Å². The predicted octanol–water partition coefficient (Wildman–Crippen LogP) is 2.57. The molecule has 25 heavy (non-hydrogen) atoms. The molecule has 0 saturated heterocycles. The van der Waals surface area contributed by atoms with Gasteiger partial charge in [0.05, 0.1) is 0 Å². The maximum absolute atomic E-state index is 11.8. The monoisotopic (exact) mass is 336 g/mol. The number of nitrogens with one attached hydrogen (secondary N) is 2. The highest BCUT2D eigenvalue weighted by Crippen LogP contribution is 2.27. The number of carbonyl (C=O) groups excluding carboxylic acids is 1. The summed E-state index contributed by atoms with van der Waals surface area (Å²) in [4.78, 5) is 18.4. The van der Waals surface area contributed by atoms with E-state index in [1.54, 1.807) is 7.05 Å².